The number of anilines is 1. The van der Waals surface area contributed by atoms with E-state index in [1.54, 1.807) is 19.1 Å². The first-order valence-corrected chi connectivity index (χ1v) is 18.2. The Morgan fingerprint density at radius 2 is 1.70 bits per heavy atom. The zero-order chi connectivity index (χ0) is 35.7. The smallest absolute Gasteiger partial charge is 0.282 e. The fourth-order valence-electron chi connectivity index (χ4n) is 9.10. The molecule has 1 saturated carbocycles. The summed E-state index contributed by atoms with van der Waals surface area (Å²) in [7, 11) is 3.31. The summed E-state index contributed by atoms with van der Waals surface area (Å²) < 4.78 is 31.5. The van der Waals surface area contributed by atoms with Gasteiger partial charge in [-0.15, -0.1) is 10.2 Å². The summed E-state index contributed by atoms with van der Waals surface area (Å²) in [5, 5.41) is 11.6. The molecule has 6 rings (SSSR count). The van der Waals surface area contributed by atoms with Gasteiger partial charge in [-0.05, 0) is 110 Å². The van der Waals surface area contributed by atoms with Crippen molar-refractivity contribution in [3.63, 3.8) is 0 Å². The largest absolute Gasteiger partial charge is 0.434 e. The van der Waals surface area contributed by atoms with Gasteiger partial charge in [-0.3, -0.25) is 9.59 Å². The van der Waals surface area contributed by atoms with Crippen LogP contribution in [0.2, 0.25) is 0 Å². The van der Waals surface area contributed by atoms with Gasteiger partial charge in [0.15, 0.2) is 5.82 Å². The van der Waals surface area contributed by atoms with Crippen LogP contribution in [0.3, 0.4) is 0 Å². The van der Waals surface area contributed by atoms with E-state index in [-0.39, 0.29) is 52.0 Å². The second-order valence-electron chi connectivity index (χ2n) is 15.9. The highest BCUT2D eigenvalue weighted by Gasteiger charge is 2.55. The van der Waals surface area contributed by atoms with E-state index in [1.165, 1.54) is 24.5 Å². The zero-order valence-electron chi connectivity index (χ0n) is 30.5. The highest BCUT2D eigenvalue weighted by Crippen LogP contribution is 2.47. The Kier molecular flexibility index (Phi) is 10.7. The number of amides is 2. The van der Waals surface area contributed by atoms with E-state index in [1.807, 2.05) is 27.7 Å². The van der Waals surface area contributed by atoms with Crippen LogP contribution in [0.15, 0.2) is 24.5 Å². The standard InChI is InChI=1S/C37H54FN7O5/c1-25(2)45(26(3)4)33(46)29-17-28(38)7-8-30(29)50-32-31(39-24-40-42-32)44-20-35(21-44)13-15-43(16-14-35)18-27-9-11-37(12-10-27)19-36(22-48-5,23-49-6)34(47)41-37/h7-8,17,24-27H,9-16,18-23H2,1-6H3,(H,41,47)/t27-,37-. The maximum absolute atomic E-state index is 14.4. The minimum Gasteiger partial charge on any atom is -0.434 e. The maximum atomic E-state index is 14.4. The molecule has 50 heavy (non-hydrogen) atoms. The molecule has 4 aliphatic rings. The summed E-state index contributed by atoms with van der Waals surface area (Å²) in [4.78, 5) is 37.6. The summed E-state index contributed by atoms with van der Waals surface area (Å²) in [6.07, 6.45) is 8.65. The molecule has 0 radical (unpaired) electrons. The van der Waals surface area contributed by atoms with Crippen LogP contribution >= 0.6 is 0 Å². The van der Waals surface area contributed by atoms with E-state index >= 15 is 0 Å². The SMILES string of the molecule is COCC1(COC)C[C@]2(CC[C@@H](CN3CCC4(CC3)CN(c3ncnnc3Oc3ccc(F)cc3C(=O)N(C(C)C)C(C)C)C4)CC2)NC1=O. The van der Waals surface area contributed by atoms with Crippen molar-refractivity contribution in [3.8, 4) is 11.6 Å². The van der Waals surface area contributed by atoms with Crippen molar-refractivity contribution in [3.05, 3.63) is 35.9 Å². The van der Waals surface area contributed by atoms with Gasteiger partial charge in [0, 0.05) is 56.9 Å². The molecule has 4 fully saturated rings. The number of nitrogens with zero attached hydrogens (tertiary/aromatic N) is 6. The highest BCUT2D eigenvalue weighted by molar-refractivity contribution is 5.97. The summed E-state index contributed by atoms with van der Waals surface area (Å²) in [6.45, 7) is 13.4. The van der Waals surface area contributed by atoms with Crippen LogP contribution in [-0.4, -0.2) is 115 Å². The number of likely N-dealkylation sites (tertiary alicyclic amines) is 1. The third-order valence-corrected chi connectivity index (χ3v) is 11.5. The molecule has 4 heterocycles. The summed E-state index contributed by atoms with van der Waals surface area (Å²) in [5.41, 5.74) is -0.375. The minimum atomic E-state index is -0.589. The van der Waals surface area contributed by atoms with E-state index in [9.17, 15) is 14.0 Å². The molecule has 13 heteroatoms. The van der Waals surface area contributed by atoms with E-state index in [4.69, 9.17) is 14.2 Å². The van der Waals surface area contributed by atoms with Crippen molar-refractivity contribution >= 4 is 17.6 Å². The molecule has 12 nitrogen and oxygen atoms in total. The molecular weight excluding hydrogens is 641 g/mol. The van der Waals surface area contributed by atoms with Crippen molar-refractivity contribution in [2.24, 2.45) is 16.7 Å². The number of carbonyl (C=O) groups excluding carboxylic acids is 2. The monoisotopic (exact) mass is 695 g/mol. The lowest BCUT2D eigenvalue weighted by Gasteiger charge is -2.54. The third-order valence-electron chi connectivity index (χ3n) is 11.5. The number of piperidine rings is 1. The molecule has 1 aromatic carbocycles. The average molecular weight is 696 g/mol. The lowest BCUT2D eigenvalue weighted by molar-refractivity contribution is -0.133. The van der Waals surface area contributed by atoms with Gasteiger partial charge in [0.05, 0.1) is 24.2 Å². The van der Waals surface area contributed by atoms with Gasteiger partial charge >= 0.3 is 0 Å². The Labute approximate surface area is 295 Å². The normalized spacial score (nSPS) is 24.5. The van der Waals surface area contributed by atoms with Crippen LogP contribution < -0.4 is 15.0 Å². The van der Waals surface area contributed by atoms with Gasteiger partial charge in [0.2, 0.25) is 5.91 Å². The van der Waals surface area contributed by atoms with Crippen molar-refractivity contribution in [1.29, 1.82) is 0 Å². The number of hydrogen-bond acceptors (Lipinski definition) is 10. The Morgan fingerprint density at radius 1 is 1.04 bits per heavy atom. The second-order valence-corrected chi connectivity index (χ2v) is 15.9. The van der Waals surface area contributed by atoms with Crippen LogP contribution in [0.1, 0.15) is 83.0 Å². The first kappa shape index (κ1) is 36.4. The van der Waals surface area contributed by atoms with Gasteiger partial charge < -0.3 is 34.2 Å². The molecule has 1 aliphatic carbocycles. The lowest BCUT2D eigenvalue weighted by Crippen LogP contribution is -2.61. The maximum Gasteiger partial charge on any atom is 0.282 e. The minimum absolute atomic E-state index is 0.0712. The van der Waals surface area contributed by atoms with Gasteiger partial charge in [-0.1, -0.05) is 0 Å². The number of ether oxygens (including phenoxy) is 3. The van der Waals surface area contributed by atoms with Crippen LogP contribution in [0.4, 0.5) is 10.2 Å². The summed E-state index contributed by atoms with van der Waals surface area (Å²) in [5.74, 6) is 0.898. The lowest BCUT2D eigenvalue weighted by atomic mass is 9.70. The van der Waals surface area contributed by atoms with Crippen LogP contribution in [-0.2, 0) is 14.3 Å². The molecule has 0 atom stereocenters. The first-order valence-electron chi connectivity index (χ1n) is 18.2. The number of benzene rings is 1. The first-order chi connectivity index (χ1) is 23.9. The number of hydrogen-bond donors (Lipinski definition) is 1. The number of carbonyl (C=O) groups is 2. The Hall–Kier alpha value is -3.42. The van der Waals surface area contributed by atoms with Crippen molar-refractivity contribution < 1.29 is 28.2 Å². The zero-order valence-corrected chi connectivity index (χ0v) is 30.5. The quantitative estimate of drug-likeness (QED) is 0.335. The Balaban J connectivity index is 1.02. The molecule has 2 aromatic rings. The molecule has 3 aliphatic heterocycles. The third kappa shape index (κ3) is 7.32. The van der Waals surface area contributed by atoms with Gasteiger partial charge in [-0.2, -0.15) is 0 Å². The highest BCUT2D eigenvalue weighted by atomic mass is 19.1. The number of aromatic nitrogens is 3. The molecule has 0 unspecified atom stereocenters. The molecule has 0 bridgehead atoms. The molecule has 1 aromatic heterocycles. The van der Waals surface area contributed by atoms with Gasteiger partial charge in [0.1, 0.15) is 17.9 Å². The Morgan fingerprint density at radius 3 is 2.32 bits per heavy atom. The molecule has 274 valence electrons. The van der Waals surface area contributed by atoms with Crippen LogP contribution in [0, 0.1) is 22.6 Å². The topological polar surface area (TPSA) is 122 Å². The number of halogens is 1. The van der Waals surface area contributed by atoms with Gasteiger partial charge in [0.25, 0.3) is 11.8 Å². The fourth-order valence-corrected chi connectivity index (χ4v) is 9.10. The predicted molar refractivity (Wildman–Crippen MR) is 187 cm³/mol. The molecule has 1 N–H and O–H groups in total. The summed E-state index contributed by atoms with van der Waals surface area (Å²) >= 11 is 0. The second kappa shape index (κ2) is 14.7. The average Bonchev–Trinajstić information content (AvgIpc) is 3.32. The molecule has 3 saturated heterocycles. The number of nitrogens with one attached hydrogen (secondary N) is 1. The Bertz CT molecular complexity index is 1500. The number of methoxy groups -OCH3 is 2. The van der Waals surface area contributed by atoms with Crippen molar-refractivity contribution in [2.45, 2.75) is 90.3 Å². The molecule has 2 amide bonds. The van der Waals surface area contributed by atoms with E-state index in [2.05, 4.69) is 30.3 Å². The number of rotatable bonds is 12. The van der Waals surface area contributed by atoms with Crippen molar-refractivity contribution in [1.82, 2.24) is 30.3 Å². The van der Waals surface area contributed by atoms with E-state index < -0.39 is 11.2 Å². The van der Waals surface area contributed by atoms with E-state index in [0.717, 1.165) is 77.7 Å². The molecular formula is C37H54FN7O5. The fraction of sp³-hybridized carbons (Fsp3) is 0.703. The van der Waals surface area contributed by atoms with E-state index in [0.29, 0.717) is 24.9 Å². The van der Waals surface area contributed by atoms with Crippen molar-refractivity contribution in [2.75, 3.05) is 65.1 Å². The van der Waals surface area contributed by atoms with Gasteiger partial charge in [-0.25, -0.2) is 9.37 Å². The summed E-state index contributed by atoms with van der Waals surface area (Å²) in [6, 6.07) is 3.83. The predicted octanol–water partition coefficient (Wildman–Crippen LogP) is 4.69. The van der Waals surface area contributed by atoms with Crippen LogP contribution in [0.25, 0.3) is 0 Å². The molecule has 2 spiro atoms. The van der Waals surface area contributed by atoms with Crippen LogP contribution in [0.5, 0.6) is 11.6 Å².